The van der Waals surface area contributed by atoms with Gasteiger partial charge in [0.15, 0.2) is 0 Å². The van der Waals surface area contributed by atoms with Crippen molar-refractivity contribution < 1.29 is 0 Å². The van der Waals surface area contributed by atoms with Crippen molar-refractivity contribution in [2.75, 3.05) is 5.32 Å². The first-order valence-corrected chi connectivity index (χ1v) is 8.36. The van der Waals surface area contributed by atoms with E-state index < -0.39 is 0 Å². The topological polar surface area (TPSA) is 12.0 Å². The predicted octanol–water partition coefficient (Wildman–Crippen LogP) is 6.58. The van der Waals surface area contributed by atoms with Crippen LogP contribution in [0.5, 0.6) is 0 Å². The molecule has 0 bridgehead atoms. The Morgan fingerprint density at radius 2 is 1.90 bits per heavy atom. The van der Waals surface area contributed by atoms with Gasteiger partial charge < -0.3 is 5.32 Å². The molecule has 0 aliphatic heterocycles. The highest BCUT2D eigenvalue weighted by molar-refractivity contribution is 9.10. The molecule has 0 saturated carbocycles. The molecule has 1 heterocycles. The molecule has 20 heavy (non-hydrogen) atoms. The van der Waals surface area contributed by atoms with E-state index in [1.165, 1.54) is 4.70 Å². The third kappa shape index (κ3) is 2.82. The molecule has 1 nitrogen and oxygen atoms in total. The van der Waals surface area contributed by atoms with Gasteiger partial charge in [-0.2, -0.15) is 0 Å². The fourth-order valence-corrected chi connectivity index (χ4v) is 3.99. The lowest BCUT2D eigenvalue weighted by Gasteiger charge is -2.08. The molecule has 0 fully saturated rings. The molecule has 2 aromatic carbocycles. The summed E-state index contributed by atoms with van der Waals surface area (Å²) in [4.78, 5) is 1.12. The SMILES string of the molecule is Clc1ccc(Br)c(NCc2sc3ccccc3c2Cl)c1. The van der Waals surface area contributed by atoms with Crippen LogP contribution in [0.2, 0.25) is 10.0 Å². The standard InChI is InChI=1S/C15H10BrCl2NS/c16-11-6-5-9(17)7-12(11)19-8-14-15(18)10-3-1-2-4-13(10)20-14/h1-7,19H,8H2. The minimum absolute atomic E-state index is 0.678. The van der Waals surface area contributed by atoms with Gasteiger partial charge in [0.2, 0.25) is 0 Å². The first kappa shape index (κ1) is 14.2. The van der Waals surface area contributed by atoms with Gasteiger partial charge in [0.05, 0.1) is 17.3 Å². The number of anilines is 1. The van der Waals surface area contributed by atoms with Gasteiger partial charge in [0, 0.05) is 24.5 Å². The Hall–Kier alpha value is -0.740. The number of hydrogen-bond acceptors (Lipinski definition) is 2. The number of hydrogen-bond donors (Lipinski definition) is 1. The van der Waals surface area contributed by atoms with Gasteiger partial charge in [-0.1, -0.05) is 41.4 Å². The van der Waals surface area contributed by atoms with Crippen molar-refractivity contribution in [3.05, 3.63) is 61.9 Å². The number of rotatable bonds is 3. The van der Waals surface area contributed by atoms with Crippen LogP contribution < -0.4 is 5.32 Å². The Balaban J connectivity index is 1.87. The number of fused-ring (bicyclic) bond motifs is 1. The Bertz CT molecular complexity index is 770. The molecule has 1 N–H and O–H groups in total. The Morgan fingerprint density at radius 3 is 2.70 bits per heavy atom. The summed E-state index contributed by atoms with van der Waals surface area (Å²) < 4.78 is 2.19. The average Bonchev–Trinajstić information content (AvgIpc) is 2.77. The monoisotopic (exact) mass is 385 g/mol. The van der Waals surface area contributed by atoms with Crippen molar-refractivity contribution in [2.45, 2.75) is 6.54 Å². The molecule has 102 valence electrons. The van der Waals surface area contributed by atoms with E-state index in [2.05, 4.69) is 27.3 Å². The van der Waals surface area contributed by atoms with Crippen molar-refractivity contribution >= 4 is 66.2 Å². The second-order valence-corrected chi connectivity index (χ2v) is 7.12. The summed E-state index contributed by atoms with van der Waals surface area (Å²) in [5, 5.41) is 6.02. The minimum atomic E-state index is 0.678. The van der Waals surface area contributed by atoms with E-state index in [1.807, 2.05) is 36.4 Å². The van der Waals surface area contributed by atoms with Gasteiger partial charge in [-0.3, -0.25) is 0 Å². The van der Waals surface area contributed by atoms with Crippen molar-refractivity contribution in [3.8, 4) is 0 Å². The minimum Gasteiger partial charge on any atom is -0.379 e. The summed E-state index contributed by atoms with van der Waals surface area (Å²) in [5.41, 5.74) is 0.964. The smallest absolute Gasteiger partial charge is 0.0642 e. The molecule has 3 aromatic rings. The molecular formula is C15H10BrCl2NS. The molecule has 0 unspecified atom stereocenters. The lowest BCUT2D eigenvalue weighted by molar-refractivity contribution is 1.19. The molecule has 0 aliphatic rings. The van der Waals surface area contributed by atoms with Gasteiger partial charge in [0.1, 0.15) is 0 Å². The molecule has 3 rings (SSSR count). The van der Waals surface area contributed by atoms with Gasteiger partial charge in [-0.15, -0.1) is 11.3 Å². The number of nitrogens with one attached hydrogen (secondary N) is 1. The second kappa shape index (κ2) is 5.94. The molecule has 0 spiro atoms. The van der Waals surface area contributed by atoms with Crippen LogP contribution in [0.3, 0.4) is 0 Å². The zero-order valence-corrected chi connectivity index (χ0v) is 14.2. The van der Waals surface area contributed by atoms with Gasteiger partial charge in [0.25, 0.3) is 0 Å². The predicted molar refractivity (Wildman–Crippen MR) is 93.3 cm³/mol. The van der Waals surface area contributed by atoms with E-state index in [0.717, 1.165) is 25.4 Å². The summed E-state index contributed by atoms with van der Waals surface area (Å²) in [6.45, 7) is 0.678. The lowest BCUT2D eigenvalue weighted by Crippen LogP contribution is -1.98. The summed E-state index contributed by atoms with van der Waals surface area (Å²) in [7, 11) is 0. The molecule has 5 heteroatoms. The van der Waals surface area contributed by atoms with E-state index >= 15 is 0 Å². The zero-order valence-electron chi connectivity index (χ0n) is 10.3. The molecule has 0 radical (unpaired) electrons. The van der Waals surface area contributed by atoms with Crippen LogP contribution in [0, 0.1) is 0 Å². The van der Waals surface area contributed by atoms with Crippen LogP contribution in [-0.2, 0) is 6.54 Å². The van der Waals surface area contributed by atoms with Crippen molar-refractivity contribution in [1.29, 1.82) is 0 Å². The van der Waals surface area contributed by atoms with Crippen molar-refractivity contribution in [1.82, 2.24) is 0 Å². The highest BCUT2D eigenvalue weighted by Gasteiger charge is 2.10. The van der Waals surface area contributed by atoms with E-state index in [1.54, 1.807) is 11.3 Å². The van der Waals surface area contributed by atoms with Crippen LogP contribution in [-0.4, -0.2) is 0 Å². The summed E-state index contributed by atoms with van der Waals surface area (Å²) >= 11 is 17.7. The number of benzene rings is 2. The van der Waals surface area contributed by atoms with E-state index in [0.29, 0.717) is 11.6 Å². The summed E-state index contributed by atoms with van der Waals surface area (Å²) in [5.74, 6) is 0. The highest BCUT2D eigenvalue weighted by Crippen LogP contribution is 2.36. The van der Waals surface area contributed by atoms with Crippen molar-refractivity contribution in [3.63, 3.8) is 0 Å². The first-order chi connectivity index (χ1) is 9.65. The molecule has 0 atom stereocenters. The Labute approximate surface area is 139 Å². The van der Waals surface area contributed by atoms with E-state index in [4.69, 9.17) is 23.2 Å². The molecule has 1 aromatic heterocycles. The summed E-state index contributed by atoms with van der Waals surface area (Å²) in [6, 6.07) is 13.8. The maximum Gasteiger partial charge on any atom is 0.0642 e. The first-order valence-electron chi connectivity index (χ1n) is 6.00. The maximum atomic E-state index is 6.43. The Kier molecular flexibility index (Phi) is 4.22. The fourth-order valence-electron chi connectivity index (χ4n) is 1.99. The quantitative estimate of drug-likeness (QED) is 0.535. The largest absolute Gasteiger partial charge is 0.379 e. The van der Waals surface area contributed by atoms with Crippen LogP contribution in [0.1, 0.15) is 4.88 Å². The maximum absolute atomic E-state index is 6.43. The molecule has 0 amide bonds. The number of thiophene rings is 1. The van der Waals surface area contributed by atoms with Crippen molar-refractivity contribution in [2.24, 2.45) is 0 Å². The van der Waals surface area contributed by atoms with E-state index in [9.17, 15) is 0 Å². The van der Waals surface area contributed by atoms with Gasteiger partial charge in [-0.25, -0.2) is 0 Å². The summed E-state index contributed by atoms with van der Waals surface area (Å²) in [6.07, 6.45) is 0. The Morgan fingerprint density at radius 1 is 1.10 bits per heavy atom. The third-order valence-corrected chi connectivity index (χ3v) is 5.61. The zero-order chi connectivity index (χ0) is 14.1. The van der Waals surface area contributed by atoms with Gasteiger partial charge in [-0.05, 0) is 40.2 Å². The second-order valence-electron chi connectivity index (χ2n) is 4.31. The molecule has 0 aliphatic carbocycles. The fraction of sp³-hybridized carbons (Fsp3) is 0.0667. The number of halogens is 3. The average molecular weight is 387 g/mol. The highest BCUT2D eigenvalue weighted by atomic mass is 79.9. The lowest BCUT2D eigenvalue weighted by atomic mass is 10.2. The van der Waals surface area contributed by atoms with Gasteiger partial charge >= 0.3 is 0 Å². The van der Waals surface area contributed by atoms with Crippen LogP contribution >= 0.6 is 50.5 Å². The van der Waals surface area contributed by atoms with E-state index in [-0.39, 0.29) is 0 Å². The molecular weight excluding hydrogens is 377 g/mol. The van der Waals surface area contributed by atoms with Crippen LogP contribution in [0.4, 0.5) is 5.69 Å². The molecule has 0 saturated heterocycles. The normalized spacial score (nSPS) is 10.9. The van der Waals surface area contributed by atoms with Crippen LogP contribution in [0.15, 0.2) is 46.9 Å². The third-order valence-electron chi connectivity index (χ3n) is 2.97. The van der Waals surface area contributed by atoms with Crippen LogP contribution in [0.25, 0.3) is 10.1 Å².